The Balaban J connectivity index is 1.71. The van der Waals surface area contributed by atoms with Gasteiger partial charge in [-0.05, 0) is 29.0 Å². The number of rotatable bonds is 5. The number of aromatic amines is 1. The number of allylic oxidation sites excluding steroid dienone is 6. The lowest BCUT2D eigenvalue weighted by Gasteiger charge is -2.27. The van der Waals surface area contributed by atoms with Crippen molar-refractivity contribution in [1.82, 2.24) is 4.98 Å². The topological polar surface area (TPSA) is 63.7 Å². The number of thioether (sulfide) groups is 1. The maximum Gasteiger partial charge on any atom is 0.253 e. The third kappa shape index (κ3) is 4.11. The van der Waals surface area contributed by atoms with Gasteiger partial charge in [0.15, 0.2) is 11.5 Å². The van der Waals surface area contributed by atoms with Gasteiger partial charge in [-0.3, -0.25) is 9.79 Å². The summed E-state index contributed by atoms with van der Waals surface area (Å²) in [5.74, 6) is 1.47. The van der Waals surface area contributed by atoms with E-state index in [0.717, 1.165) is 40.4 Å². The fraction of sp³-hybridized carbons (Fsp3) is 0.259. The number of nitrogens with zero attached hydrogens (tertiary/aromatic N) is 1. The quantitative estimate of drug-likeness (QED) is 0.579. The number of H-pyrrole nitrogens is 1. The van der Waals surface area contributed by atoms with Crippen LogP contribution in [0.4, 0.5) is 0 Å². The van der Waals surface area contributed by atoms with Crippen LogP contribution in [0.2, 0.25) is 0 Å². The van der Waals surface area contributed by atoms with Crippen LogP contribution < -0.4 is 15.0 Å². The van der Waals surface area contributed by atoms with E-state index in [9.17, 15) is 4.79 Å². The summed E-state index contributed by atoms with van der Waals surface area (Å²) in [4.78, 5) is 21.3. The van der Waals surface area contributed by atoms with Gasteiger partial charge >= 0.3 is 0 Å². The Morgan fingerprint density at radius 1 is 1.06 bits per heavy atom. The SMILES string of the molecule is COc1cc2[nH]c(=O)c(C3C=CC=CS3)c(C3=CC=CC(C4C=CCC=N4)C3)c2cc1OC. The van der Waals surface area contributed by atoms with Crippen molar-refractivity contribution in [1.29, 1.82) is 0 Å². The van der Waals surface area contributed by atoms with E-state index >= 15 is 0 Å². The number of aromatic nitrogens is 1. The molecule has 3 aliphatic rings. The van der Waals surface area contributed by atoms with Crippen LogP contribution in [-0.4, -0.2) is 31.5 Å². The van der Waals surface area contributed by atoms with Gasteiger partial charge in [-0.15, -0.1) is 11.8 Å². The Morgan fingerprint density at radius 2 is 1.91 bits per heavy atom. The molecule has 0 fully saturated rings. The van der Waals surface area contributed by atoms with E-state index in [-0.39, 0.29) is 22.8 Å². The van der Waals surface area contributed by atoms with E-state index in [1.165, 1.54) is 0 Å². The van der Waals surface area contributed by atoms with Gasteiger partial charge in [0.05, 0.1) is 31.0 Å². The third-order valence-electron chi connectivity index (χ3n) is 6.26. The zero-order valence-electron chi connectivity index (χ0n) is 18.7. The van der Waals surface area contributed by atoms with Gasteiger partial charge in [0.1, 0.15) is 0 Å². The summed E-state index contributed by atoms with van der Waals surface area (Å²) in [5, 5.41) is 2.92. The largest absolute Gasteiger partial charge is 0.493 e. The van der Waals surface area contributed by atoms with Crippen molar-refractivity contribution in [3.63, 3.8) is 0 Å². The molecule has 3 unspecified atom stereocenters. The maximum atomic E-state index is 13.5. The van der Waals surface area contributed by atoms with Crippen LogP contribution in [-0.2, 0) is 0 Å². The predicted molar refractivity (Wildman–Crippen MR) is 138 cm³/mol. The van der Waals surface area contributed by atoms with Crippen LogP contribution in [0.3, 0.4) is 0 Å². The first-order chi connectivity index (χ1) is 16.2. The van der Waals surface area contributed by atoms with Crippen LogP contribution in [0.1, 0.15) is 29.2 Å². The van der Waals surface area contributed by atoms with Crippen LogP contribution in [0.5, 0.6) is 11.5 Å². The number of nitrogens with one attached hydrogen (secondary N) is 1. The lowest BCUT2D eigenvalue weighted by atomic mass is 9.82. The Hall–Kier alpha value is -3.25. The molecule has 0 amide bonds. The summed E-state index contributed by atoms with van der Waals surface area (Å²) in [6, 6.07) is 3.94. The van der Waals surface area contributed by atoms with Gasteiger partial charge in [0.25, 0.3) is 5.56 Å². The Morgan fingerprint density at radius 3 is 2.64 bits per heavy atom. The molecule has 1 aliphatic carbocycles. The summed E-state index contributed by atoms with van der Waals surface area (Å²) in [6.07, 6.45) is 20.6. The monoisotopic (exact) mass is 458 g/mol. The fourth-order valence-electron chi connectivity index (χ4n) is 4.69. The van der Waals surface area contributed by atoms with E-state index in [2.05, 4.69) is 41.4 Å². The summed E-state index contributed by atoms with van der Waals surface area (Å²) < 4.78 is 11.1. The standard InChI is InChI=1S/C27H26N2O3S/c1-31-22-15-19-21(16-23(22)32-2)29-27(30)26(24-11-4-6-13-33-24)25(19)18-9-7-8-17(14-18)20-10-3-5-12-28-20/h3-4,6-13,15-17,20,24H,5,14H2,1-2H3,(H,29,30). The molecule has 1 aromatic heterocycles. The molecular weight excluding hydrogens is 432 g/mol. The number of aliphatic imine (C=N–C) groups is 1. The normalized spacial score (nSPS) is 23.7. The summed E-state index contributed by atoms with van der Waals surface area (Å²) in [5.41, 5.74) is 3.54. The molecule has 5 nitrogen and oxygen atoms in total. The van der Waals surface area contributed by atoms with E-state index in [1.807, 2.05) is 35.9 Å². The number of ether oxygens (including phenoxy) is 2. The lowest BCUT2D eigenvalue weighted by molar-refractivity contribution is 0.356. The van der Waals surface area contributed by atoms with E-state index in [0.29, 0.717) is 11.5 Å². The number of hydrogen-bond acceptors (Lipinski definition) is 5. The molecule has 3 heterocycles. The summed E-state index contributed by atoms with van der Waals surface area (Å²) in [7, 11) is 3.23. The number of dihydropyridines is 1. The van der Waals surface area contributed by atoms with Crippen molar-refractivity contribution in [3.05, 3.63) is 87.6 Å². The van der Waals surface area contributed by atoms with Crippen LogP contribution in [0.15, 0.2) is 75.9 Å². The first-order valence-corrected chi connectivity index (χ1v) is 12.0. The van der Waals surface area contributed by atoms with E-state index in [4.69, 9.17) is 14.5 Å². The van der Waals surface area contributed by atoms with Gasteiger partial charge in [0, 0.05) is 35.6 Å². The molecular formula is C27H26N2O3S. The van der Waals surface area contributed by atoms with Gasteiger partial charge < -0.3 is 14.5 Å². The minimum Gasteiger partial charge on any atom is -0.493 e. The van der Waals surface area contributed by atoms with Crippen molar-refractivity contribution in [2.24, 2.45) is 10.9 Å². The molecule has 0 spiro atoms. The second kappa shape index (κ2) is 9.32. The first-order valence-electron chi connectivity index (χ1n) is 11.1. The van der Waals surface area contributed by atoms with Crippen LogP contribution in [0.25, 0.3) is 16.5 Å². The Bertz CT molecular complexity index is 1300. The minimum atomic E-state index is -0.0789. The van der Waals surface area contributed by atoms with Crippen LogP contribution in [0, 0.1) is 5.92 Å². The molecule has 2 aliphatic heterocycles. The van der Waals surface area contributed by atoms with Crippen molar-refractivity contribution >= 4 is 34.5 Å². The van der Waals surface area contributed by atoms with Crippen molar-refractivity contribution in [2.75, 3.05) is 14.2 Å². The fourth-order valence-corrected chi connectivity index (χ4v) is 5.59. The lowest BCUT2D eigenvalue weighted by Crippen LogP contribution is -2.21. The van der Waals surface area contributed by atoms with Crippen molar-refractivity contribution in [2.45, 2.75) is 24.1 Å². The molecule has 168 valence electrons. The molecule has 33 heavy (non-hydrogen) atoms. The number of pyridine rings is 1. The number of benzene rings is 1. The second-order valence-electron chi connectivity index (χ2n) is 8.20. The molecule has 2 aromatic rings. The zero-order valence-corrected chi connectivity index (χ0v) is 19.5. The van der Waals surface area contributed by atoms with Gasteiger partial charge in [-0.1, -0.05) is 48.6 Å². The minimum absolute atomic E-state index is 0.0656. The predicted octanol–water partition coefficient (Wildman–Crippen LogP) is 5.76. The zero-order chi connectivity index (χ0) is 22.8. The molecule has 0 saturated carbocycles. The number of fused-ring (bicyclic) bond motifs is 1. The summed E-state index contributed by atoms with van der Waals surface area (Å²) in [6.45, 7) is 0. The number of hydrogen-bond donors (Lipinski definition) is 1. The van der Waals surface area contributed by atoms with Gasteiger partial charge in [-0.25, -0.2) is 0 Å². The smallest absolute Gasteiger partial charge is 0.253 e. The summed E-state index contributed by atoms with van der Waals surface area (Å²) >= 11 is 1.64. The van der Waals surface area contributed by atoms with Gasteiger partial charge in [0.2, 0.25) is 0 Å². The maximum absolute atomic E-state index is 13.5. The Kier molecular flexibility index (Phi) is 6.09. The molecule has 3 atom stereocenters. The molecule has 0 radical (unpaired) electrons. The van der Waals surface area contributed by atoms with E-state index < -0.39 is 0 Å². The van der Waals surface area contributed by atoms with E-state index in [1.54, 1.807) is 26.0 Å². The first kappa shape index (κ1) is 21.6. The second-order valence-corrected chi connectivity index (χ2v) is 9.25. The molecule has 1 N–H and O–H groups in total. The van der Waals surface area contributed by atoms with Crippen molar-refractivity contribution < 1.29 is 9.47 Å². The third-order valence-corrected chi connectivity index (χ3v) is 7.26. The highest BCUT2D eigenvalue weighted by atomic mass is 32.2. The highest BCUT2D eigenvalue weighted by Gasteiger charge is 2.27. The van der Waals surface area contributed by atoms with Gasteiger partial charge in [-0.2, -0.15) is 0 Å². The Labute approximate surface area is 197 Å². The molecule has 0 saturated heterocycles. The molecule has 0 bridgehead atoms. The highest BCUT2D eigenvalue weighted by molar-refractivity contribution is 8.02. The average Bonchev–Trinajstić information content (AvgIpc) is 2.88. The molecule has 1 aromatic carbocycles. The molecule has 6 heteroatoms. The average molecular weight is 459 g/mol. The van der Waals surface area contributed by atoms with Crippen LogP contribution >= 0.6 is 11.8 Å². The molecule has 5 rings (SSSR count). The van der Waals surface area contributed by atoms with Crippen molar-refractivity contribution in [3.8, 4) is 11.5 Å². The highest BCUT2D eigenvalue weighted by Crippen LogP contribution is 2.43. The number of methoxy groups -OCH3 is 2.